The maximum absolute atomic E-state index is 12.8. The van der Waals surface area contributed by atoms with Crippen LogP contribution in [-0.2, 0) is 18.4 Å². The Morgan fingerprint density at radius 1 is 0.630 bits per heavy atom. The average molecular weight is 789 g/mol. The molecule has 4 unspecified atom stereocenters. The van der Waals surface area contributed by atoms with Crippen LogP contribution in [0.4, 0.5) is 0 Å². The van der Waals surface area contributed by atoms with Crippen LogP contribution in [0.5, 0.6) is 0 Å². The van der Waals surface area contributed by atoms with Crippen molar-refractivity contribution in [2.45, 2.75) is 244 Å². The number of phosphoric acid groups is 1. The SMILES string of the molecule is CCCCCCCCCCCCCCCCC/C=C/C(O)C(COP(=O)(O)OCCN)NC(=O)CC(O)CCCCCCCCCCCCCCCCC. The van der Waals surface area contributed by atoms with E-state index in [9.17, 15) is 24.5 Å². The normalized spacial score (nSPS) is 14.7. The molecule has 0 aliphatic heterocycles. The van der Waals surface area contributed by atoms with Gasteiger partial charge in [-0.3, -0.25) is 13.8 Å². The second-order valence-electron chi connectivity index (χ2n) is 15.8. The van der Waals surface area contributed by atoms with Crippen LogP contribution in [0.1, 0.15) is 226 Å². The summed E-state index contributed by atoms with van der Waals surface area (Å²) in [7, 11) is -4.40. The van der Waals surface area contributed by atoms with Gasteiger partial charge in [0, 0.05) is 6.54 Å². The number of allylic oxidation sites excluding steroid dienone is 1. The van der Waals surface area contributed by atoms with Gasteiger partial charge in [-0.25, -0.2) is 4.57 Å². The molecule has 0 fully saturated rings. The first-order chi connectivity index (χ1) is 26.3. The highest BCUT2D eigenvalue weighted by Gasteiger charge is 2.27. The molecule has 0 aromatic carbocycles. The zero-order chi connectivity index (χ0) is 39.8. The summed E-state index contributed by atoms with van der Waals surface area (Å²) in [6, 6.07) is -0.977. The Bertz CT molecular complexity index is 878. The number of carbonyl (C=O) groups excluding carboxylic acids is 1. The number of nitrogens with one attached hydrogen (secondary N) is 1. The molecule has 0 heterocycles. The highest BCUT2D eigenvalue weighted by molar-refractivity contribution is 7.47. The van der Waals surface area contributed by atoms with Crippen molar-refractivity contribution in [1.29, 1.82) is 0 Å². The van der Waals surface area contributed by atoms with Gasteiger partial charge in [0.25, 0.3) is 0 Å². The molecule has 322 valence electrons. The first kappa shape index (κ1) is 53.2. The van der Waals surface area contributed by atoms with Gasteiger partial charge in [-0.15, -0.1) is 0 Å². The summed E-state index contributed by atoms with van der Waals surface area (Å²) in [4.78, 5) is 22.8. The number of hydrogen-bond acceptors (Lipinski definition) is 7. The van der Waals surface area contributed by atoms with E-state index < -0.39 is 38.6 Å². The van der Waals surface area contributed by atoms with Crippen LogP contribution in [-0.4, -0.2) is 59.0 Å². The second-order valence-corrected chi connectivity index (χ2v) is 17.3. The third kappa shape index (κ3) is 38.1. The number of unbranched alkanes of at least 4 members (excludes halogenated alkanes) is 29. The lowest BCUT2D eigenvalue weighted by atomic mass is 10.0. The van der Waals surface area contributed by atoms with Crippen LogP contribution in [0.3, 0.4) is 0 Å². The molecule has 4 atom stereocenters. The summed E-state index contributed by atoms with van der Waals surface area (Å²) >= 11 is 0. The number of phosphoric ester groups is 1. The predicted octanol–water partition coefficient (Wildman–Crippen LogP) is 11.8. The molecule has 0 aromatic heterocycles. The molecule has 0 saturated heterocycles. The van der Waals surface area contributed by atoms with E-state index in [0.717, 1.165) is 38.5 Å². The van der Waals surface area contributed by atoms with Gasteiger partial charge in [-0.05, 0) is 19.3 Å². The maximum Gasteiger partial charge on any atom is 0.472 e. The molecule has 0 aliphatic rings. The Balaban J connectivity index is 4.28. The summed E-state index contributed by atoms with van der Waals surface area (Å²) in [5.74, 6) is -0.442. The van der Waals surface area contributed by atoms with Crippen molar-refractivity contribution in [3.63, 3.8) is 0 Å². The number of aliphatic hydroxyl groups excluding tert-OH is 2. The Morgan fingerprint density at radius 2 is 1.02 bits per heavy atom. The van der Waals surface area contributed by atoms with Crippen LogP contribution < -0.4 is 11.1 Å². The second kappa shape index (κ2) is 40.4. The fraction of sp³-hybridized carbons (Fsp3) is 0.932. The monoisotopic (exact) mass is 789 g/mol. The molecule has 1 amide bonds. The van der Waals surface area contributed by atoms with Gasteiger partial charge in [0.2, 0.25) is 5.91 Å². The number of hydrogen-bond donors (Lipinski definition) is 5. The van der Waals surface area contributed by atoms with Crippen molar-refractivity contribution in [3.8, 4) is 0 Å². The topological polar surface area (TPSA) is 151 Å². The van der Waals surface area contributed by atoms with Crippen LogP contribution in [0.2, 0.25) is 0 Å². The minimum absolute atomic E-state index is 0.0516. The van der Waals surface area contributed by atoms with Crippen LogP contribution >= 0.6 is 7.82 Å². The number of amides is 1. The molecule has 0 aromatic rings. The minimum atomic E-state index is -4.40. The van der Waals surface area contributed by atoms with E-state index in [1.54, 1.807) is 6.08 Å². The first-order valence-electron chi connectivity index (χ1n) is 22.9. The zero-order valence-corrected chi connectivity index (χ0v) is 36.2. The lowest BCUT2D eigenvalue weighted by molar-refractivity contribution is -0.124. The van der Waals surface area contributed by atoms with Gasteiger partial charge in [-0.1, -0.05) is 212 Å². The van der Waals surface area contributed by atoms with E-state index >= 15 is 0 Å². The molecule has 0 spiro atoms. The minimum Gasteiger partial charge on any atom is -0.393 e. The average Bonchev–Trinajstić information content (AvgIpc) is 3.15. The molecule has 0 saturated carbocycles. The Hall–Kier alpha value is -0.800. The summed E-state index contributed by atoms with van der Waals surface area (Å²) in [6.07, 6.45) is 41.5. The molecule has 6 N–H and O–H groups in total. The van der Waals surface area contributed by atoms with Gasteiger partial charge in [0.1, 0.15) is 0 Å². The van der Waals surface area contributed by atoms with Crippen LogP contribution in [0.25, 0.3) is 0 Å². The lowest BCUT2D eigenvalue weighted by Gasteiger charge is -2.24. The van der Waals surface area contributed by atoms with E-state index in [1.165, 1.54) is 161 Å². The van der Waals surface area contributed by atoms with E-state index in [4.69, 9.17) is 14.8 Å². The smallest absolute Gasteiger partial charge is 0.393 e. The molecular weight excluding hydrogens is 699 g/mol. The van der Waals surface area contributed by atoms with Gasteiger partial charge >= 0.3 is 7.82 Å². The van der Waals surface area contributed by atoms with E-state index in [-0.39, 0.29) is 19.6 Å². The molecule has 0 radical (unpaired) electrons. The van der Waals surface area contributed by atoms with Gasteiger partial charge in [-0.2, -0.15) is 0 Å². The van der Waals surface area contributed by atoms with Crippen molar-refractivity contribution in [2.75, 3.05) is 19.8 Å². The molecule has 0 bridgehead atoms. The highest BCUT2D eigenvalue weighted by atomic mass is 31.2. The molecule has 10 heteroatoms. The Morgan fingerprint density at radius 3 is 1.43 bits per heavy atom. The third-order valence-corrected chi connectivity index (χ3v) is 11.4. The van der Waals surface area contributed by atoms with Crippen molar-refractivity contribution < 1.29 is 33.5 Å². The van der Waals surface area contributed by atoms with Crippen LogP contribution in [0, 0.1) is 0 Å². The number of rotatable bonds is 43. The number of carbonyl (C=O) groups is 1. The number of nitrogens with two attached hydrogens (primary N) is 1. The summed E-state index contributed by atoms with van der Waals surface area (Å²) < 4.78 is 22.1. The summed E-state index contributed by atoms with van der Waals surface area (Å²) in [6.45, 7) is 4.00. The first-order valence-corrected chi connectivity index (χ1v) is 24.4. The van der Waals surface area contributed by atoms with E-state index in [2.05, 4.69) is 19.2 Å². The zero-order valence-electron chi connectivity index (χ0n) is 35.3. The Labute approximate surface area is 333 Å². The molecule has 0 aliphatic carbocycles. The molecule has 54 heavy (non-hydrogen) atoms. The molecule has 0 rings (SSSR count). The van der Waals surface area contributed by atoms with Gasteiger partial charge < -0.3 is 26.2 Å². The molecular formula is C44H89N2O7P. The third-order valence-electron chi connectivity index (χ3n) is 10.4. The lowest BCUT2D eigenvalue weighted by Crippen LogP contribution is -2.46. The summed E-state index contributed by atoms with van der Waals surface area (Å²) in [5, 5.41) is 24.1. The standard InChI is InChI=1S/C44H89N2O7P/c1-3-5-7-9-11-13-15-17-19-20-22-24-26-28-30-32-34-36-43(48)42(40-53-54(50,51)52-38-37-45)46-44(49)39-41(47)35-33-31-29-27-25-23-21-18-16-14-12-10-8-6-4-2/h34,36,41-43,47-48H,3-33,35,37-40,45H2,1-2H3,(H,46,49)(H,50,51)/b36-34+. The number of aliphatic hydroxyl groups is 2. The quantitative estimate of drug-likeness (QED) is 0.0233. The predicted molar refractivity (Wildman–Crippen MR) is 228 cm³/mol. The fourth-order valence-electron chi connectivity index (χ4n) is 6.94. The van der Waals surface area contributed by atoms with Gasteiger partial charge in [0.15, 0.2) is 0 Å². The van der Waals surface area contributed by atoms with E-state index in [1.807, 2.05) is 6.08 Å². The van der Waals surface area contributed by atoms with Crippen molar-refractivity contribution >= 4 is 13.7 Å². The highest BCUT2D eigenvalue weighted by Crippen LogP contribution is 2.43. The molecule has 9 nitrogen and oxygen atoms in total. The summed E-state index contributed by atoms with van der Waals surface area (Å²) in [5.41, 5.74) is 5.37. The van der Waals surface area contributed by atoms with E-state index in [0.29, 0.717) is 6.42 Å². The fourth-order valence-corrected chi connectivity index (χ4v) is 7.70. The largest absolute Gasteiger partial charge is 0.472 e. The van der Waals surface area contributed by atoms with Gasteiger partial charge in [0.05, 0.1) is 37.9 Å². The van der Waals surface area contributed by atoms with Crippen molar-refractivity contribution in [1.82, 2.24) is 5.32 Å². The maximum atomic E-state index is 12.8. The van der Waals surface area contributed by atoms with Crippen LogP contribution in [0.15, 0.2) is 12.2 Å². The van der Waals surface area contributed by atoms with Crippen molar-refractivity contribution in [3.05, 3.63) is 12.2 Å². The Kier molecular flexibility index (Phi) is 39.8. The van der Waals surface area contributed by atoms with Crippen molar-refractivity contribution in [2.24, 2.45) is 5.73 Å².